The molecule has 3 N–H and O–H groups in total. The van der Waals surface area contributed by atoms with Gasteiger partial charge in [0.25, 0.3) is 5.91 Å². The normalized spacial score (nSPS) is 19.5. The molecule has 2 fully saturated rings. The van der Waals surface area contributed by atoms with Gasteiger partial charge in [0.05, 0.1) is 6.10 Å². The molecule has 4 nitrogen and oxygen atoms in total. The van der Waals surface area contributed by atoms with Crippen molar-refractivity contribution in [2.24, 2.45) is 11.7 Å². The molecule has 2 aliphatic carbocycles. The van der Waals surface area contributed by atoms with Crippen LogP contribution in [0.15, 0.2) is 24.3 Å². The van der Waals surface area contributed by atoms with Gasteiger partial charge >= 0.3 is 0 Å². The van der Waals surface area contributed by atoms with Crippen molar-refractivity contribution in [3.8, 4) is 5.75 Å². The number of benzene rings is 1. The third-order valence-electron chi connectivity index (χ3n) is 4.68. The number of amides is 1. The van der Waals surface area contributed by atoms with E-state index in [0.717, 1.165) is 18.6 Å². The van der Waals surface area contributed by atoms with Crippen LogP contribution in [0.5, 0.6) is 5.75 Å². The average molecular weight is 339 g/mol. The molecule has 0 aliphatic heterocycles. The van der Waals surface area contributed by atoms with Crippen molar-refractivity contribution < 1.29 is 9.53 Å². The first-order valence-corrected chi connectivity index (χ1v) is 8.53. The van der Waals surface area contributed by atoms with Crippen LogP contribution in [0.4, 0.5) is 0 Å². The lowest BCUT2D eigenvalue weighted by Gasteiger charge is -2.23. The van der Waals surface area contributed by atoms with Gasteiger partial charge in [0.2, 0.25) is 0 Å². The van der Waals surface area contributed by atoms with Gasteiger partial charge < -0.3 is 15.8 Å². The highest BCUT2D eigenvalue weighted by Gasteiger charge is 2.28. The SMILES string of the molecule is Cl.NC(CNC(=O)c1cccc(OC2CCCCC2)c1)C1CC1. The Morgan fingerprint density at radius 1 is 1.22 bits per heavy atom. The van der Waals surface area contributed by atoms with Crippen LogP contribution >= 0.6 is 12.4 Å². The molecule has 0 saturated heterocycles. The second-order valence-electron chi connectivity index (χ2n) is 6.62. The first-order chi connectivity index (χ1) is 10.7. The number of nitrogens with two attached hydrogens (primary N) is 1. The zero-order chi connectivity index (χ0) is 15.4. The predicted octanol–water partition coefficient (Wildman–Crippen LogP) is 3.29. The van der Waals surface area contributed by atoms with Crippen LogP contribution in [0.1, 0.15) is 55.3 Å². The maximum Gasteiger partial charge on any atom is 0.251 e. The van der Waals surface area contributed by atoms with E-state index < -0.39 is 0 Å². The van der Waals surface area contributed by atoms with E-state index in [2.05, 4.69) is 5.32 Å². The molecule has 0 heterocycles. The Morgan fingerprint density at radius 2 is 1.96 bits per heavy atom. The summed E-state index contributed by atoms with van der Waals surface area (Å²) in [5, 5.41) is 2.93. The van der Waals surface area contributed by atoms with Crippen molar-refractivity contribution >= 4 is 18.3 Å². The number of hydrogen-bond donors (Lipinski definition) is 2. The predicted molar refractivity (Wildman–Crippen MR) is 94.2 cm³/mol. The Labute approximate surface area is 144 Å². The van der Waals surface area contributed by atoms with Crippen LogP contribution in [0.3, 0.4) is 0 Å². The highest BCUT2D eigenvalue weighted by molar-refractivity contribution is 5.94. The molecule has 2 saturated carbocycles. The fourth-order valence-electron chi connectivity index (χ4n) is 3.09. The Bertz CT molecular complexity index is 513. The zero-order valence-electron chi connectivity index (χ0n) is 13.5. The largest absolute Gasteiger partial charge is 0.490 e. The molecular weight excluding hydrogens is 312 g/mol. The number of halogens is 1. The molecule has 0 aromatic heterocycles. The van der Waals surface area contributed by atoms with E-state index in [1.165, 1.54) is 32.1 Å². The average Bonchev–Trinajstić information content (AvgIpc) is 3.38. The zero-order valence-corrected chi connectivity index (χ0v) is 14.3. The maximum absolute atomic E-state index is 12.2. The molecule has 0 spiro atoms. The third-order valence-corrected chi connectivity index (χ3v) is 4.68. The summed E-state index contributed by atoms with van der Waals surface area (Å²) in [5.41, 5.74) is 6.67. The van der Waals surface area contributed by atoms with Gasteiger partial charge in [-0.05, 0) is 62.6 Å². The number of nitrogens with one attached hydrogen (secondary N) is 1. The number of rotatable bonds is 6. The van der Waals surface area contributed by atoms with E-state index in [1.54, 1.807) is 0 Å². The van der Waals surface area contributed by atoms with Crippen molar-refractivity contribution in [2.75, 3.05) is 6.54 Å². The molecule has 1 aromatic carbocycles. The summed E-state index contributed by atoms with van der Waals surface area (Å²) in [6.45, 7) is 0.553. The van der Waals surface area contributed by atoms with Gasteiger partial charge in [0.1, 0.15) is 5.75 Å². The van der Waals surface area contributed by atoms with Crippen LogP contribution in [0, 0.1) is 5.92 Å². The van der Waals surface area contributed by atoms with E-state index in [9.17, 15) is 4.79 Å². The van der Waals surface area contributed by atoms with E-state index in [0.29, 0.717) is 24.1 Å². The highest BCUT2D eigenvalue weighted by Crippen LogP contribution is 2.31. The van der Waals surface area contributed by atoms with Crippen LogP contribution in [0.2, 0.25) is 0 Å². The summed E-state index contributed by atoms with van der Waals surface area (Å²) in [4.78, 5) is 12.2. The van der Waals surface area contributed by atoms with Crippen LogP contribution in [-0.4, -0.2) is 24.6 Å². The first kappa shape index (κ1) is 18.1. The summed E-state index contributed by atoms with van der Waals surface area (Å²) in [7, 11) is 0. The van der Waals surface area contributed by atoms with E-state index >= 15 is 0 Å². The minimum absolute atomic E-state index is 0. The number of hydrogen-bond acceptors (Lipinski definition) is 3. The van der Waals surface area contributed by atoms with Gasteiger partial charge in [-0.3, -0.25) is 4.79 Å². The molecule has 128 valence electrons. The quantitative estimate of drug-likeness (QED) is 0.836. The molecule has 0 bridgehead atoms. The molecule has 0 radical (unpaired) electrons. The van der Waals surface area contributed by atoms with Crippen molar-refractivity contribution in [3.05, 3.63) is 29.8 Å². The lowest BCUT2D eigenvalue weighted by atomic mass is 9.98. The van der Waals surface area contributed by atoms with Gasteiger partial charge in [0.15, 0.2) is 0 Å². The van der Waals surface area contributed by atoms with Crippen molar-refractivity contribution in [1.29, 1.82) is 0 Å². The molecule has 1 amide bonds. The van der Waals surface area contributed by atoms with Crippen LogP contribution in [0.25, 0.3) is 0 Å². The van der Waals surface area contributed by atoms with Crippen molar-refractivity contribution in [1.82, 2.24) is 5.32 Å². The molecule has 23 heavy (non-hydrogen) atoms. The Morgan fingerprint density at radius 3 is 2.65 bits per heavy atom. The summed E-state index contributed by atoms with van der Waals surface area (Å²) in [6, 6.07) is 7.57. The number of carbonyl (C=O) groups is 1. The second-order valence-corrected chi connectivity index (χ2v) is 6.62. The van der Waals surface area contributed by atoms with Gasteiger partial charge in [-0.15, -0.1) is 12.4 Å². The highest BCUT2D eigenvalue weighted by atomic mass is 35.5. The minimum atomic E-state index is -0.0646. The second kappa shape index (κ2) is 8.55. The van der Waals surface area contributed by atoms with Gasteiger partial charge in [-0.25, -0.2) is 0 Å². The van der Waals surface area contributed by atoms with Gasteiger partial charge in [-0.2, -0.15) is 0 Å². The molecule has 3 rings (SSSR count). The monoisotopic (exact) mass is 338 g/mol. The third kappa shape index (κ3) is 5.40. The van der Waals surface area contributed by atoms with E-state index in [1.807, 2.05) is 24.3 Å². The fraction of sp³-hybridized carbons (Fsp3) is 0.611. The fourth-order valence-corrected chi connectivity index (χ4v) is 3.09. The molecule has 2 aliphatic rings. The molecular formula is C18H27ClN2O2. The van der Waals surface area contributed by atoms with E-state index in [-0.39, 0.29) is 24.4 Å². The number of carbonyl (C=O) groups excluding carboxylic acids is 1. The summed E-state index contributed by atoms with van der Waals surface area (Å²) >= 11 is 0. The minimum Gasteiger partial charge on any atom is -0.490 e. The summed E-state index contributed by atoms with van der Waals surface area (Å²) in [5.74, 6) is 1.33. The topological polar surface area (TPSA) is 64.3 Å². The summed E-state index contributed by atoms with van der Waals surface area (Å²) < 4.78 is 6.02. The van der Waals surface area contributed by atoms with Crippen LogP contribution in [-0.2, 0) is 0 Å². The smallest absolute Gasteiger partial charge is 0.251 e. The lowest BCUT2D eigenvalue weighted by Crippen LogP contribution is -2.38. The van der Waals surface area contributed by atoms with Crippen molar-refractivity contribution in [3.63, 3.8) is 0 Å². The van der Waals surface area contributed by atoms with E-state index in [4.69, 9.17) is 10.5 Å². The van der Waals surface area contributed by atoms with Gasteiger partial charge in [0, 0.05) is 18.2 Å². The summed E-state index contributed by atoms with van der Waals surface area (Å²) in [6.07, 6.45) is 8.72. The standard InChI is InChI=1S/C18H26N2O2.ClH/c19-17(13-9-10-13)12-20-18(21)14-5-4-8-16(11-14)22-15-6-2-1-3-7-15;/h4-5,8,11,13,15,17H,1-3,6-7,9-10,12,19H2,(H,20,21);1H. The van der Waals surface area contributed by atoms with Crippen molar-refractivity contribution in [2.45, 2.75) is 57.1 Å². The number of ether oxygens (including phenoxy) is 1. The maximum atomic E-state index is 12.2. The molecule has 1 atom stereocenters. The Hall–Kier alpha value is -1.26. The Kier molecular flexibility index (Phi) is 6.72. The molecule has 5 heteroatoms. The Balaban J connectivity index is 0.00000192. The molecule has 1 aromatic rings. The lowest BCUT2D eigenvalue weighted by molar-refractivity contribution is 0.0949. The first-order valence-electron chi connectivity index (χ1n) is 8.53. The van der Waals surface area contributed by atoms with Crippen LogP contribution < -0.4 is 15.8 Å². The van der Waals surface area contributed by atoms with Gasteiger partial charge in [-0.1, -0.05) is 12.5 Å². The molecule has 1 unspecified atom stereocenters.